The van der Waals surface area contributed by atoms with Gasteiger partial charge in [0, 0.05) is 22.6 Å². The first-order chi connectivity index (χ1) is 13.2. The van der Waals surface area contributed by atoms with E-state index in [1.165, 1.54) is 12.1 Å². The number of urea groups is 1. The van der Waals surface area contributed by atoms with E-state index in [2.05, 4.69) is 41.5 Å². The van der Waals surface area contributed by atoms with Gasteiger partial charge in [-0.25, -0.2) is 4.79 Å². The zero-order chi connectivity index (χ0) is 20.3. The van der Waals surface area contributed by atoms with Crippen LogP contribution in [-0.4, -0.2) is 22.6 Å². The normalized spacial score (nSPS) is 11.2. The molecule has 3 aromatic rings. The van der Waals surface area contributed by atoms with Gasteiger partial charge in [0.1, 0.15) is 11.4 Å². The van der Waals surface area contributed by atoms with Gasteiger partial charge in [-0.15, -0.1) is 13.2 Å². The molecule has 0 radical (unpaired) electrons. The summed E-state index contributed by atoms with van der Waals surface area (Å²) in [5.41, 5.74) is 3.22. The lowest BCUT2D eigenvalue weighted by molar-refractivity contribution is -0.274. The number of ether oxygens (including phenoxy) is 1. The number of nitrogens with one attached hydrogen (secondary N) is 3. The minimum atomic E-state index is -4.76. The molecule has 0 aliphatic carbocycles. The van der Waals surface area contributed by atoms with E-state index >= 15 is 0 Å². The van der Waals surface area contributed by atoms with Crippen molar-refractivity contribution in [3.8, 4) is 17.0 Å². The Morgan fingerprint density at radius 3 is 2.39 bits per heavy atom. The lowest BCUT2D eigenvalue weighted by atomic mass is 10.1. The van der Waals surface area contributed by atoms with Crippen LogP contribution >= 0.6 is 15.9 Å². The number of aromatic amines is 1. The zero-order valence-electron chi connectivity index (χ0n) is 14.4. The fourth-order valence-electron chi connectivity index (χ4n) is 2.38. The molecular weight excluding hydrogens is 441 g/mol. The van der Waals surface area contributed by atoms with Crippen molar-refractivity contribution < 1.29 is 22.7 Å². The summed E-state index contributed by atoms with van der Waals surface area (Å²) in [5, 5.41) is 12.3. The van der Waals surface area contributed by atoms with Crippen LogP contribution in [0.15, 0.2) is 53.0 Å². The Hall–Kier alpha value is -3.01. The molecule has 10 heteroatoms. The van der Waals surface area contributed by atoms with Crippen LogP contribution in [0.3, 0.4) is 0 Å². The van der Waals surface area contributed by atoms with Gasteiger partial charge in [0.25, 0.3) is 0 Å². The minimum absolute atomic E-state index is 0.314. The van der Waals surface area contributed by atoms with E-state index in [-0.39, 0.29) is 5.75 Å². The summed E-state index contributed by atoms with van der Waals surface area (Å²) in [6.45, 7) is 1.88. The Morgan fingerprint density at radius 1 is 1.11 bits per heavy atom. The zero-order valence-corrected chi connectivity index (χ0v) is 16.0. The number of hydrogen-bond acceptors (Lipinski definition) is 3. The molecule has 3 rings (SSSR count). The molecule has 1 aromatic heterocycles. The van der Waals surface area contributed by atoms with Crippen LogP contribution < -0.4 is 15.4 Å². The number of alkyl halides is 3. The van der Waals surface area contributed by atoms with Crippen molar-refractivity contribution in [2.45, 2.75) is 13.3 Å². The highest BCUT2D eigenvalue weighted by Crippen LogP contribution is 2.30. The van der Waals surface area contributed by atoms with Crippen LogP contribution in [0, 0.1) is 6.92 Å². The number of carbonyl (C=O) groups excluding carboxylic acids is 1. The maximum atomic E-state index is 12.2. The second-order valence-corrected chi connectivity index (χ2v) is 6.54. The second-order valence-electron chi connectivity index (χ2n) is 5.74. The molecule has 2 amide bonds. The molecule has 0 saturated carbocycles. The van der Waals surface area contributed by atoms with Crippen LogP contribution in [0.4, 0.5) is 29.3 Å². The van der Waals surface area contributed by atoms with Gasteiger partial charge in [-0.1, -0.05) is 12.1 Å². The first-order valence-electron chi connectivity index (χ1n) is 7.96. The molecule has 2 aromatic carbocycles. The van der Waals surface area contributed by atoms with Gasteiger partial charge in [-0.05, 0) is 59.3 Å². The molecule has 0 fully saturated rings. The summed E-state index contributed by atoms with van der Waals surface area (Å²) in [6, 6.07) is 11.4. The Kier molecular flexibility index (Phi) is 5.59. The maximum Gasteiger partial charge on any atom is 0.573 e. The molecule has 0 atom stereocenters. The molecule has 0 unspecified atom stereocenters. The number of H-pyrrole nitrogens is 1. The Labute approximate surface area is 166 Å². The molecule has 6 nitrogen and oxygen atoms in total. The average molecular weight is 455 g/mol. The van der Waals surface area contributed by atoms with Gasteiger partial charge in [-0.3, -0.25) is 5.10 Å². The number of hydrogen-bond donors (Lipinski definition) is 3. The van der Waals surface area contributed by atoms with Crippen molar-refractivity contribution in [3.63, 3.8) is 0 Å². The number of halogens is 4. The number of aromatic nitrogens is 2. The summed E-state index contributed by atoms with van der Waals surface area (Å²) < 4.78 is 41.1. The number of benzene rings is 2. The van der Waals surface area contributed by atoms with Crippen LogP contribution in [-0.2, 0) is 0 Å². The highest BCUT2D eigenvalue weighted by atomic mass is 79.9. The number of rotatable bonds is 4. The summed E-state index contributed by atoms with van der Waals surface area (Å²) in [7, 11) is 0. The average Bonchev–Trinajstić information content (AvgIpc) is 2.95. The quantitative estimate of drug-likeness (QED) is 0.473. The van der Waals surface area contributed by atoms with E-state index in [0.29, 0.717) is 17.1 Å². The minimum Gasteiger partial charge on any atom is -0.406 e. The van der Waals surface area contributed by atoms with Crippen LogP contribution in [0.5, 0.6) is 5.75 Å². The van der Waals surface area contributed by atoms with Gasteiger partial charge in [0.15, 0.2) is 0 Å². The van der Waals surface area contributed by atoms with Crippen LogP contribution in [0.25, 0.3) is 11.3 Å². The van der Waals surface area contributed by atoms with Gasteiger partial charge < -0.3 is 15.4 Å². The van der Waals surface area contributed by atoms with Crippen molar-refractivity contribution in [1.82, 2.24) is 10.2 Å². The topological polar surface area (TPSA) is 79.0 Å². The first-order valence-corrected chi connectivity index (χ1v) is 8.75. The standard InChI is InChI=1S/C18H14BrF3N4O2/c1-10-15(19)16(26-25-10)11-3-2-4-13(9-11)24-17(27)23-12-5-7-14(8-6-12)28-18(20,21)22/h2-9H,1H3,(H,25,26)(H2,23,24,27). The summed E-state index contributed by atoms with van der Waals surface area (Å²) in [5.74, 6) is -0.369. The number of amides is 2. The predicted molar refractivity (Wildman–Crippen MR) is 102 cm³/mol. The van der Waals surface area contributed by atoms with Gasteiger partial charge in [0.2, 0.25) is 0 Å². The summed E-state index contributed by atoms with van der Waals surface area (Å²) in [6.07, 6.45) is -4.76. The van der Waals surface area contributed by atoms with E-state index in [1.807, 2.05) is 13.0 Å². The van der Waals surface area contributed by atoms with E-state index < -0.39 is 12.4 Å². The lowest BCUT2D eigenvalue weighted by Gasteiger charge is -2.11. The molecule has 3 N–H and O–H groups in total. The largest absolute Gasteiger partial charge is 0.573 e. The van der Waals surface area contributed by atoms with E-state index in [0.717, 1.165) is 27.9 Å². The van der Waals surface area contributed by atoms with Crippen molar-refractivity contribution in [2.24, 2.45) is 0 Å². The molecule has 0 aliphatic heterocycles. The third-order valence-corrected chi connectivity index (χ3v) is 4.58. The molecule has 146 valence electrons. The second kappa shape index (κ2) is 7.93. The molecule has 0 bridgehead atoms. The van der Waals surface area contributed by atoms with Gasteiger partial charge in [-0.2, -0.15) is 5.10 Å². The molecule has 0 aliphatic rings. The van der Waals surface area contributed by atoms with Crippen molar-refractivity contribution in [2.75, 3.05) is 10.6 Å². The maximum absolute atomic E-state index is 12.2. The third-order valence-electron chi connectivity index (χ3n) is 3.61. The smallest absolute Gasteiger partial charge is 0.406 e. The Bertz CT molecular complexity index is 987. The van der Waals surface area contributed by atoms with E-state index in [9.17, 15) is 18.0 Å². The van der Waals surface area contributed by atoms with Crippen molar-refractivity contribution in [1.29, 1.82) is 0 Å². The summed E-state index contributed by atoms with van der Waals surface area (Å²) in [4.78, 5) is 12.1. The molecular formula is C18H14BrF3N4O2. The number of aryl methyl sites for hydroxylation is 1. The predicted octanol–water partition coefficient (Wildman–Crippen LogP) is 5.69. The highest BCUT2D eigenvalue weighted by molar-refractivity contribution is 9.10. The Balaban J connectivity index is 1.65. The van der Waals surface area contributed by atoms with Crippen molar-refractivity contribution in [3.05, 3.63) is 58.7 Å². The number of nitrogens with zero attached hydrogens (tertiary/aromatic N) is 1. The van der Waals surface area contributed by atoms with Crippen LogP contribution in [0.1, 0.15) is 5.69 Å². The monoisotopic (exact) mass is 454 g/mol. The van der Waals surface area contributed by atoms with E-state index in [4.69, 9.17) is 0 Å². The number of carbonyl (C=O) groups is 1. The molecule has 0 spiro atoms. The number of anilines is 2. The van der Waals surface area contributed by atoms with E-state index in [1.54, 1.807) is 18.2 Å². The highest BCUT2D eigenvalue weighted by Gasteiger charge is 2.30. The molecule has 1 heterocycles. The van der Waals surface area contributed by atoms with Gasteiger partial charge in [0.05, 0.1) is 4.47 Å². The van der Waals surface area contributed by atoms with Crippen molar-refractivity contribution >= 4 is 33.3 Å². The third kappa shape index (κ3) is 5.03. The molecule has 28 heavy (non-hydrogen) atoms. The SMILES string of the molecule is Cc1[nH]nc(-c2cccc(NC(=O)Nc3ccc(OC(F)(F)F)cc3)c2)c1Br. The fourth-order valence-corrected chi connectivity index (χ4v) is 2.79. The Morgan fingerprint density at radius 2 is 1.79 bits per heavy atom. The first kappa shape index (κ1) is 19.7. The van der Waals surface area contributed by atoms with Gasteiger partial charge >= 0.3 is 12.4 Å². The fraction of sp³-hybridized carbons (Fsp3) is 0.111. The lowest BCUT2D eigenvalue weighted by Crippen LogP contribution is -2.19. The molecule has 0 saturated heterocycles. The summed E-state index contributed by atoms with van der Waals surface area (Å²) >= 11 is 3.46. The van der Waals surface area contributed by atoms with Crippen LogP contribution in [0.2, 0.25) is 0 Å².